The van der Waals surface area contributed by atoms with Crippen LogP contribution in [0.3, 0.4) is 0 Å². The van der Waals surface area contributed by atoms with E-state index in [1.54, 1.807) is 6.07 Å². The molecule has 1 aliphatic heterocycles. The van der Waals surface area contributed by atoms with Gasteiger partial charge in [-0.05, 0) is 57.1 Å². The molecule has 1 aliphatic rings. The Hall–Kier alpha value is -1.02. The van der Waals surface area contributed by atoms with E-state index in [0.29, 0.717) is 11.6 Å². The first-order chi connectivity index (χ1) is 12.8. The van der Waals surface area contributed by atoms with Crippen LogP contribution in [-0.2, 0) is 14.8 Å². The number of benzene rings is 1. The molecule has 1 aromatic carbocycles. The number of rotatable bonds is 8. The predicted octanol–water partition coefficient (Wildman–Crippen LogP) is 3.14. The van der Waals surface area contributed by atoms with E-state index in [0.717, 1.165) is 36.6 Å². The number of hydrogen-bond donors (Lipinski definition) is 1. The molecule has 1 saturated heterocycles. The van der Waals surface area contributed by atoms with Crippen molar-refractivity contribution in [2.75, 3.05) is 43.3 Å². The average molecular weight is 436 g/mol. The normalized spacial score (nSPS) is 16.0. The third-order valence-corrected chi connectivity index (χ3v) is 6.22. The van der Waals surface area contributed by atoms with E-state index >= 15 is 0 Å². The molecule has 1 amide bonds. The largest absolute Gasteiger partial charge is 0.354 e. The molecular formula is C18H27Cl2N3O3S. The third-order valence-electron chi connectivity index (χ3n) is 4.54. The molecule has 0 aromatic heterocycles. The third kappa shape index (κ3) is 7.49. The van der Waals surface area contributed by atoms with Crippen LogP contribution in [0, 0.1) is 0 Å². The number of sulfonamides is 1. The predicted molar refractivity (Wildman–Crippen MR) is 111 cm³/mol. The number of halogens is 2. The Morgan fingerprint density at radius 1 is 1.19 bits per heavy atom. The minimum atomic E-state index is -3.68. The molecule has 0 aliphatic carbocycles. The molecule has 0 bridgehead atoms. The molecule has 1 aromatic rings. The number of anilines is 1. The fourth-order valence-corrected chi connectivity index (χ4v) is 4.43. The zero-order valence-electron chi connectivity index (χ0n) is 15.6. The molecule has 0 unspecified atom stereocenters. The topological polar surface area (TPSA) is 69.7 Å². The molecule has 6 nitrogen and oxygen atoms in total. The minimum absolute atomic E-state index is 0.200. The Morgan fingerprint density at radius 3 is 2.48 bits per heavy atom. The number of amides is 1. The van der Waals surface area contributed by atoms with Crippen LogP contribution in [0.1, 0.15) is 32.1 Å². The summed E-state index contributed by atoms with van der Waals surface area (Å²) >= 11 is 12.1. The van der Waals surface area contributed by atoms with Crippen molar-refractivity contribution in [1.82, 2.24) is 10.2 Å². The highest BCUT2D eigenvalue weighted by atomic mass is 35.5. The van der Waals surface area contributed by atoms with Crippen LogP contribution in [0.25, 0.3) is 0 Å². The summed E-state index contributed by atoms with van der Waals surface area (Å²) in [5.41, 5.74) is 0.200. The number of carbonyl (C=O) groups excluding carboxylic acids is 1. The van der Waals surface area contributed by atoms with Gasteiger partial charge in [-0.15, -0.1) is 0 Å². The Morgan fingerprint density at radius 2 is 1.85 bits per heavy atom. The van der Waals surface area contributed by atoms with Gasteiger partial charge in [-0.2, -0.15) is 0 Å². The van der Waals surface area contributed by atoms with Crippen LogP contribution in [0.4, 0.5) is 5.69 Å². The highest BCUT2D eigenvalue weighted by Gasteiger charge is 2.23. The van der Waals surface area contributed by atoms with Gasteiger partial charge in [0.2, 0.25) is 15.9 Å². The highest BCUT2D eigenvalue weighted by molar-refractivity contribution is 7.92. The number of carbonyl (C=O) groups is 1. The monoisotopic (exact) mass is 435 g/mol. The van der Waals surface area contributed by atoms with E-state index in [4.69, 9.17) is 23.2 Å². The lowest BCUT2D eigenvalue weighted by Gasteiger charge is -2.23. The van der Waals surface area contributed by atoms with Crippen molar-refractivity contribution in [3.05, 3.63) is 28.2 Å². The quantitative estimate of drug-likeness (QED) is 0.636. The minimum Gasteiger partial charge on any atom is -0.354 e. The number of likely N-dealkylation sites (tertiary alicyclic amines) is 1. The van der Waals surface area contributed by atoms with Crippen LogP contribution in [0.2, 0.25) is 10.0 Å². The van der Waals surface area contributed by atoms with Gasteiger partial charge < -0.3 is 10.2 Å². The van der Waals surface area contributed by atoms with Gasteiger partial charge in [0.1, 0.15) is 6.54 Å². The Bertz CT molecular complexity index is 735. The second-order valence-corrected chi connectivity index (χ2v) is 9.58. The maximum Gasteiger partial charge on any atom is 0.240 e. The highest BCUT2D eigenvalue weighted by Crippen LogP contribution is 2.30. The molecule has 1 fully saturated rings. The number of hydrogen-bond acceptors (Lipinski definition) is 4. The molecule has 0 saturated carbocycles. The fraction of sp³-hybridized carbons (Fsp3) is 0.611. The summed E-state index contributed by atoms with van der Waals surface area (Å²) in [4.78, 5) is 14.7. The summed E-state index contributed by atoms with van der Waals surface area (Å²) < 4.78 is 25.3. The second kappa shape index (κ2) is 10.5. The average Bonchev–Trinajstić information content (AvgIpc) is 2.87. The van der Waals surface area contributed by atoms with E-state index in [2.05, 4.69) is 10.2 Å². The smallest absolute Gasteiger partial charge is 0.240 e. The molecule has 27 heavy (non-hydrogen) atoms. The van der Waals surface area contributed by atoms with Gasteiger partial charge in [0.05, 0.1) is 17.0 Å². The van der Waals surface area contributed by atoms with E-state index in [-0.39, 0.29) is 23.2 Å². The van der Waals surface area contributed by atoms with Crippen LogP contribution < -0.4 is 9.62 Å². The van der Waals surface area contributed by atoms with Gasteiger partial charge >= 0.3 is 0 Å². The van der Waals surface area contributed by atoms with E-state index in [9.17, 15) is 13.2 Å². The van der Waals surface area contributed by atoms with Crippen molar-refractivity contribution in [2.24, 2.45) is 0 Å². The van der Waals surface area contributed by atoms with Crippen LogP contribution in [-0.4, -0.2) is 58.2 Å². The SMILES string of the molecule is CS(=O)(=O)N(CC(=O)NCCCN1CCCCCC1)c1cc(Cl)ccc1Cl. The van der Waals surface area contributed by atoms with Gasteiger partial charge in [0.25, 0.3) is 0 Å². The van der Waals surface area contributed by atoms with Gasteiger partial charge in [-0.3, -0.25) is 9.10 Å². The van der Waals surface area contributed by atoms with Crippen molar-refractivity contribution in [1.29, 1.82) is 0 Å². The molecule has 0 spiro atoms. The van der Waals surface area contributed by atoms with Gasteiger partial charge in [-0.1, -0.05) is 36.0 Å². The van der Waals surface area contributed by atoms with Crippen molar-refractivity contribution in [2.45, 2.75) is 32.1 Å². The first-order valence-electron chi connectivity index (χ1n) is 9.19. The van der Waals surface area contributed by atoms with Gasteiger partial charge in [0.15, 0.2) is 0 Å². The number of nitrogens with zero attached hydrogens (tertiary/aromatic N) is 2. The van der Waals surface area contributed by atoms with E-state index in [1.165, 1.54) is 37.8 Å². The zero-order chi connectivity index (χ0) is 19.9. The zero-order valence-corrected chi connectivity index (χ0v) is 17.9. The molecule has 1 N–H and O–H groups in total. The van der Waals surface area contributed by atoms with Crippen LogP contribution in [0.5, 0.6) is 0 Å². The lowest BCUT2D eigenvalue weighted by atomic mass is 10.2. The van der Waals surface area contributed by atoms with Gasteiger partial charge in [-0.25, -0.2) is 8.42 Å². The molecule has 2 rings (SSSR count). The summed E-state index contributed by atoms with van der Waals surface area (Å²) in [6.45, 7) is 3.35. The molecule has 0 radical (unpaired) electrons. The Balaban J connectivity index is 1.88. The van der Waals surface area contributed by atoms with Crippen molar-refractivity contribution < 1.29 is 13.2 Å². The first kappa shape index (κ1) is 22.3. The summed E-state index contributed by atoms with van der Waals surface area (Å²) in [6.07, 6.45) is 6.92. The summed E-state index contributed by atoms with van der Waals surface area (Å²) in [5.74, 6) is -0.368. The molecule has 0 atom stereocenters. The standard InChI is InChI=1S/C18H27Cl2N3O3S/c1-27(25,26)23(17-13-15(19)7-8-16(17)20)14-18(24)21-9-6-12-22-10-4-2-3-5-11-22/h7-8,13H,2-6,9-12,14H2,1H3,(H,21,24). The number of nitrogens with one attached hydrogen (secondary N) is 1. The van der Waals surface area contributed by atoms with Crippen molar-refractivity contribution in [3.8, 4) is 0 Å². The van der Waals surface area contributed by atoms with Crippen LogP contribution in [0.15, 0.2) is 18.2 Å². The fourth-order valence-electron chi connectivity index (χ4n) is 3.13. The lowest BCUT2D eigenvalue weighted by Crippen LogP contribution is -2.41. The maximum atomic E-state index is 12.3. The molecular weight excluding hydrogens is 409 g/mol. The summed E-state index contributed by atoms with van der Waals surface area (Å²) in [6, 6.07) is 4.52. The maximum absolute atomic E-state index is 12.3. The summed E-state index contributed by atoms with van der Waals surface area (Å²) in [5, 5.41) is 3.37. The second-order valence-electron chi connectivity index (χ2n) is 6.82. The Labute approximate surface area is 171 Å². The van der Waals surface area contributed by atoms with Crippen molar-refractivity contribution in [3.63, 3.8) is 0 Å². The van der Waals surface area contributed by atoms with Crippen molar-refractivity contribution >= 4 is 44.8 Å². The summed E-state index contributed by atoms with van der Waals surface area (Å²) in [7, 11) is -3.68. The van der Waals surface area contributed by atoms with Crippen LogP contribution >= 0.6 is 23.2 Å². The van der Waals surface area contributed by atoms with E-state index in [1.807, 2.05) is 0 Å². The molecule has 9 heteroatoms. The molecule has 152 valence electrons. The lowest BCUT2D eigenvalue weighted by molar-refractivity contribution is -0.119. The van der Waals surface area contributed by atoms with Gasteiger partial charge in [0, 0.05) is 11.6 Å². The van der Waals surface area contributed by atoms with E-state index < -0.39 is 10.0 Å². The Kier molecular flexibility index (Phi) is 8.66. The molecule has 1 heterocycles. The first-order valence-corrected chi connectivity index (χ1v) is 11.8.